The third-order valence-corrected chi connectivity index (χ3v) is 8.73. The average molecular weight is 484 g/mol. The molecule has 1 heterocycles. The first-order chi connectivity index (χ1) is 15.2. The summed E-state index contributed by atoms with van der Waals surface area (Å²) in [6, 6.07) is 9.70. The Bertz CT molecular complexity index is 1090. The summed E-state index contributed by atoms with van der Waals surface area (Å²) in [7, 11) is -3.37. The standard InChI is InChI=1S/C24H28ClF2NO3S/c1-3-28(32(2,29)30)14-17-5-4-12-24(13-16-6-8-18(25)9-7-16)19(17)15-31-23-21(27)11-10-20(26)22(23)24/h6-11,17,19H,3-5,12-15H2,1-2H3/t17-,19?,24-/m0/s1. The van der Waals surface area contributed by atoms with Crippen molar-refractivity contribution in [1.29, 1.82) is 0 Å². The monoisotopic (exact) mass is 483 g/mol. The van der Waals surface area contributed by atoms with E-state index in [-0.39, 0.29) is 29.8 Å². The van der Waals surface area contributed by atoms with E-state index in [1.54, 1.807) is 12.1 Å². The molecular weight excluding hydrogens is 456 g/mol. The summed E-state index contributed by atoms with van der Waals surface area (Å²) < 4.78 is 61.8. The topological polar surface area (TPSA) is 46.6 Å². The van der Waals surface area contributed by atoms with Crippen LogP contribution in [0.2, 0.25) is 5.02 Å². The van der Waals surface area contributed by atoms with Gasteiger partial charge in [0.2, 0.25) is 10.0 Å². The molecule has 174 valence electrons. The quantitative estimate of drug-likeness (QED) is 0.568. The molecule has 0 spiro atoms. The number of hydrogen-bond donors (Lipinski definition) is 0. The number of sulfonamides is 1. The van der Waals surface area contributed by atoms with E-state index >= 15 is 4.39 Å². The van der Waals surface area contributed by atoms with Crippen LogP contribution in [0.15, 0.2) is 36.4 Å². The van der Waals surface area contributed by atoms with Gasteiger partial charge in [0.15, 0.2) is 11.6 Å². The van der Waals surface area contributed by atoms with Crippen molar-refractivity contribution in [3.8, 4) is 5.75 Å². The molecule has 0 aromatic heterocycles. The van der Waals surface area contributed by atoms with Crippen LogP contribution in [0.5, 0.6) is 5.75 Å². The summed E-state index contributed by atoms with van der Waals surface area (Å²) in [5.74, 6) is -1.22. The lowest BCUT2D eigenvalue weighted by molar-refractivity contribution is 0.0262. The van der Waals surface area contributed by atoms with E-state index in [9.17, 15) is 12.8 Å². The molecule has 1 aliphatic carbocycles. The van der Waals surface area contributed by atoms with Gasteiger partial charge in [-0.05, 0) is 55.0 Å². The fourth-order valence-electron chi connectivity index (χ4n) is 5.69. The number of fused-ring (bicyclic) bond motifs is 3. The molecule has 1 saturated carbocycles. The number of rotatable bonds is 6. The Hall–Kier alpha value is -1.70. The first-order valence-electron chi connectivity index (χ1n) is 11.0. The molecule has 1 unspecified atom stereocenters. The normalized spacial score (nSPS) is 25.2. The number of halogens is 3. The van der Waals surface area contributed by atoms with Crippen LogP contribution in [0.4, 0.5) is 8.78 Å². The SMILES string of the molecule is CCN(C[C@@H]1CCC[C@@]2(Cc3ccc(Cl)cc3)c3c(F)ccc(F)c3OCC12)S(C)(=O)=O. The minimum Gasteiger partial charge on any atom is -0.490 e. The second-order valence-electron chi connectivity index (χ2n) is 8.98. The Morgan fingerprint density at radius 2 is 1.84 bits per heavy atom. The van der Waals surface area contributed by atoms with E-state index < -0.39 is 27.1 Å². The van der Waals surface area contributed by atoms with E-state index in [0.717, 1.165) is 24.5 Å². The lowest BCUT2D eigenvalue weighted by Gasteiger charge is -2.52. The van der Waals surface area contributed by atoms with Crippen LogP contribution >= 0.6 is 11.6 Å². The maximum atomic E-state index is 15.3. The van der Waals surface area contributed by atoms with Crippen LogP contribution in [0.3, 0.4) is 0 Å². The van der Waals surface area contributed by atoms with Crippen LogP contribution in [0, 0.1) is 23.5 Å². The van der Waals surface area contributed by atoms with Crippen LogP contribution in [0.1, 0.15) is 37.3 Å². The van der Waals surface area contributed by atoms with Crippen LogP contribution in [-0.4, -0.2) is 38.7 Å². The summed E-state index contributed by atoms with van der Waals surface area (Å²) in [6.45, 7) is 2.75. The van der Waals surface area contributed by atoms with Gasteiger partial charge in [0.05, 0.1) is 12.9 Å². The largest absolute Gasteiger partial charge is 0.490 e. The van der Waals surface area contributed by atoms with Gasteiger partial charge in [0, 0.05) is 35.0 Å². The second kappa shape index (κ2) is 8.92. The zero-order valence-electron chi connectivity index (χ0n) is 18.3. The molecule has 2 aromatic carbocycles. The molecule has 4 rings (SSSR count). The number of ether oxygens (including phenoxy) is 1. The fraction of sp³-hybridized carbons (Fsp3) is 0.500. The molecule has 2 aliphatic rings. The number of nitrogens with zero attached hydrogens (tertiary/aromatic N) is 1. The molecule has 0 N–H and O–H groups in total. The van der Waals surface area contributed by atoms with Crippen molar-refractivity contribution >= 4 is 21.6 Å². The predicted octanol–water partition coefficient (Wildman–Crippen LogP) is 5.19. The molecule has 3 atom stereocenters. The Balaban J connectivity index is 1.81. The van der Waals surface area contributed by atoms with Gasteiger partial charge in [-0.25, -0.2) is 21.5 Å². The van der Waals surface area contributed by atoms with Crippen LogP contribution in [-0.2, 0) is 21.9 Å². The third-order valence-electron chi connectivity index (χ3n) is 7.13. The van der Waals surface area contributed by atoms with E-state index in [2.05, 4.69) is 0 Å². The van der Waals surface area contributed by atoms with Crippen molar-refractivity contribution in [3.05, 3.63) is 64.2 Å². The summed E-state index contributed by atoms with van der Waals surface area (Å²) in [4.78, 5) is 0. The van der Waals surface area contributed by atoms with Crippen molar-refractivity contribution in [2.24, 2.45) is 11.8 Å². The zero-order chi connectivity index (χ0) is 23.1. The lowest BCUT2D eigenvalue weighted by Crippen LogP contribution is -2.53. The van der Waals surface area contributed by atoms with Gasteiger partial charge in [-0.2, -0.15) is 0 Å². The molecule has 4 nitrogen and oxygen atoms in total. The molecule has 8 heteroatoms. The summed E-state index contributed by atoms with van der Waals surface area (Å²) in [5.41, 5.74) is 0.579. The van der Waals surface area contributed by atoms with Crippen molar-refractivity contribution < 1.29 is 21.9 Å². The van der Waals surface area contributed by atoms with Gasteiger partial charge < -0.3 is 4.74 Å². The van der Waals surface area contributed by atoms with E-state index in [1.807, 2.05) is 19.1 Å². The lowest BCUT2D eigenvalue weighted by atomic mass is 9.55. The van der Waals surface area contributed by atoms with Crippen LogP contribution in [0.25, 0.3) is 0 Å². The zero-order valence-corrected chi connectivity index (χ0v) is 19.9. The van der Waals surface area contributed by atoms with Gasteiger partial charge in [-0.3, -0.25) is 0 Å². The Morgan fingerprint density at radius 3 is 2.50 bits per heavy atom. The van der Waals surface area contributed by atoms with Crippen LogP contribution < -0.4 is 4.74 Å². The Kier molecular flexibility index (Phi) is 6.54. The molecule has 1 fully saturated rings. The van der Waals surface area contributed by atoms with E-state index in [1.165, 1.54) is 16.6 Å². The van der Waals surface area contributed by atoms with Gasteiger partial charge in [0.25, 0.3) is 0 Å². The maximum absolute atomic E-state index is 15.3. The molecule has 0 bridgehead atoms. The van der Waals surface area contributed by atoms with Gasteiger partial charge in [-0.1, -0.05) is 37.1 Å². The van der Waals surface area contributed by atoms with E-state index in [4.69, 9.17) is 16.3 Å². The molecule has 32 heavy (non-hydrogen) atoms. The van der Waals surface area contributed by atoms with Gasteiger partial charge >= 0.3 is 0 Å². The minimum absolute atomic E-state index is 0.00803. The molecule has 0 saturated heterocycles. The second-order valence-corrected chi connectivity index (χ2v) is 11.4. The average Bonchev–Trinajstić information content (AvgIpc) is 2.74. The molecule has 0 amide bonds. The summed E-state index contributed by atoms with van der Waals surface area (Å²) in [5, 5.41) is 0.612. The van der Waals surface area contributed by atoms with Crippen molar-refractivity contribution in [2.45, 2.75) is 38.0 Å². The molecule has 1 aliphatic heterocycles. The smallest absolute Gasteiger partial charge is 0.211 e. The Morgan fingerprint density at radius 1 is 1.16 bits per heavy atom. The molecular formula is C24H28ClF2NO3S. The molecule has 2 aromatic rings. The summed E-state index contributed by atoms with van der Waals surface area (Å²) in [6.07, 6.45) is 4.01. The van der Waals surface area contributed by atoms with E-state index in [0.29, 0.717) is 31.0 Å². The highest BCUT2D eigenvalue weighted by Gasteiger charge is 2.53. The predicted molar refractivity (Wildman–Crippen MR) is 122 cm³/mol. The van der Waals surface area contributed by atoms with Gasteiger partial charge in [-0.15, -0.1) is 0 Å². The van der Waals surface area contributed by atoms with Crippen molar-refractivity contribution in [1.82, 2.24) is 4.31 Å². The maximum Gasteiger partial charge on any atom is 0.211 e. The first-order valence-corrected chi connectivity index (χ1v) is 13.2. The van der Waals surface area contributed by atoms with Crippen molar-refractivity contribution in [3.63, 3.8) is 0 Å². The summed E-state index contributed by atoms with van der Waals surface area (Å²) >= 11 is 6.06. The highest BCUT2D eigenvalue weighted by Crippen LogP contribution is 2.55. The minimum atomic E-state index is -3.37. The van der Waals surface area contributed by atoms with Gasteiger partial charge in [0.1, 0.15) is 5.82 Å². The highest BCUT2D eigenvalue weighted by atomic mass is 35.5. The number of hydrogen-bond acceptors (Lipinski definition) is 3. The molecule has 0 radical (unpaired) electrons. The third kappa shape index (κ3) is 4.27. The van der Waals surface area contributed by atoms with Crippen molar-refractivity contribution in [2.75, 3.05) is 26.0 Å². The number of benzene rings is 2. The Labute approximate surface area is 193 Å². The first kappa shape index (κ1) is 23.5. The highest BCUT2D eigenvalue weighted by molar-refractivity contribution is 7.88. The fourth-order valence-corrected chi connectivity index (χ4v) is 6.75.